The molecule has 0 unspecified atom stereocenters. The van der Waals surface area contributed by atoms with Crippen LogP contribution in [-0.4, -0.2) is 27.1 Å². The Labute approximate surface area is 147 Å². The van der Waals surface area contributed by atoms with Gasteiger partial charge in [0.2, 0.25) is 11.0 Å². The largest absolute Gasteiger partial charge is 0.284 e. The molecule has 2 aromatic rings. The predicted octanol–water partition coefficient (Wildman–Crippen LogP) is 3.64. The molecule has 1 aliphatic rings. The van der Waals surface area contributed by atoms with Crippen molar-refractivity contribution in [1.82, 2.24) is 10.2 Å². The number of nitrogens with zero attached hydrogens (tertiary/aromatic N) is 4. The maximum Gasteiger partial charge on any atom is 0.269 e. The van der Waals surface area contributed by atoms with Crippen LogP contribution >= 0.6 is 23.1 Å². The van der Waals surface area contributed by atoms with Crippen molar-refractivity contribution < 1.29 is 9.72 Å². The Bertz CT molecular complexity index is 743. The number of rotatable bonds is 7. The summed E-state index contributed by atoms with van der Waals surface area (Å²) in [5.41, 5.74) is 1.06. The van der Waals surface area contributed by atoms with Crippen LogP contribution in [0.4, 0.5) is 10.8 Å². The Balaban J connectivity index is 1.63. The van der Waals surface area contributed by atoms with Crippen molar-refractivity contribution in [2.45, 2.75) is 42.3 Å². The van der Waals surface area contributed by atoms with Gasteiger partial charge in [0, 0.05) is 30.3 Å². The van der Waals surface area contributed by atoms with Gasteiger partial charge in [0.05, 0.1) is 4.92 Å². The molecule has 3 rings (SSSR count). The summed E-state index contributed by atoms with van der Waals surface area (Å²) in [4.78, 5) is 24.1. The number of hydrogen-bond acceptors (Lipinski definition) is 7. The number of benzene rings is 1. The summed E-state index contributed by atoms with van der Waals surface area (Å²) < 4.78 is 0.790. The molecule has 0 atom stereocenters. The van der Waals surface area contributed by atoms with Gasteiger partial charge in [-0.15, -0.1) is 10.2 Å². The van der Waals surface area contributed by atoms with Crippen LogP contribution in [-0.2, 0) is 10.5 Å². The van der Waals surface area contributed by atoms with Crippen LogP contribution in [0.25, 0.3) is 0 Å². The fourth-order valence-electron chi connectivity index (χ4n) is 2.19. The number of aromatic nitrogens is 2. The molecule has 0 bridgehead atoms. The van der Waals surface area contributed by atoms with Crippen LogP contribution in [0.1, 0.15) is 31.7 Å². The number of hydrogen-bond donors (Lipinski definition) is 0. The molecule has 1 aromatic carbocycles. The summed E-state index contributed by atoms with van der Waals surface area (Å²) >= 11 is 2.93. The van der Waals surface area contributed by atoms with Gasteiger partial charge in [0.1, 0.15) is 0 Å². The first-order chi connectivity index (χ1) is 11.6. The summed E-state index contributed by atoms with van der Waals surface area (Å²) in [5.74, 6) is 0.734. The third-order valence-electron chi connectivity index (χ3n) is 3.59. The second-order valence-corrected chi connectivity index (χ2v) is 7.59. The van der Waals surface area contributed by atoms with E-state index in [-0.39, 0.29) is 17.6 Å². The minimum absolute atomic E-state index is 0.0834. The highest BCUT2D eigenvalue weighted by Gasteiger charge is 2.35. The molecular weight excluding hydrogens is 348 g/mol. The maximum atomic E-state index is 12.1. The molecule has 0 N–H and O–H groups in total. The second kappa shape index (κ2) is 7.27. The van der Waals surface area contributed by atoms with Gasteiger partial charge in [-0.2, -0.15) is 0 Å². The fourth-order valence-corrected chi connectivity index (χ4v) is 4.07. The van der Waals surface area contributed by atoms with Crippen molar-refractivity contribution >= 4 is 39.8 Å². The molecular formula is C15H16N4O3S2. The van der Waals surface area contributed by atoms with E-state index in [0.29, 0.717) is 17.3 Å². The number of anilines is 1. The molecule has 24 heavy (non-hydrogen) atoms. The van der Waals surface area contributed by atoms with Crippen molar-refractivity contribution in [3.63, 3.8) is 0 Å². The molecule has 0 aliphatic heterocycles. The van der Waals surface area contributed by atoms with E-state index in [1.807, 2.05) is 6.92 Å². The third-order valence-corrected chi connectivity index (χ3v) is 5.72. The van der Waals surface area contributed by atoms with Gasteiger partial charge in [-0.25, -0.2) is 0 Å². The number of non-ortho nitro benzene ring substituents is 1. The van der Waals surface area contributed by atoms with E-state index in [0.717, 1.165) is 22.7 Å². The number of nitro groups is 1. The lowest BCUT2D eigenvalue weighted by atomic mass is 10.2. The van der Waals surface area contributed by atoms with Gasteiger partial charge in [0.25, 0.3) is 5.69 Å². The van der Waals surface area contributed by atoms with Crippen LogP contribution in [0.5, 0.6) is 0 Å². The summed E-state index contributed by atoms with van der Waals surface area (Å²) in [6.07, 6.45) is 2.51. The number of thioether (sulfide) groups is 1. The lowest BCUT2D eigenvalue weighted by molar-refractivity contribution is -0.384. The Morgan fingerprint density at radius 2 is 2.08 bits per heavy atom. The van der Waals surface area contributed by atoms with Crippen molar-refractivity contribution in [1.29, 1.82) is 0 Å². The summed E-state index contributed by atoms with van der Waals surface area (Å²) in [5, 5.41) is 19.6. The summed E-state index contributed by atoms with van der Waals surface area (Å²) in [6, 6.07) is 6.75. The smallest absolute Gasteiger partial charge is 0.269 e. The van der Waals surface area contributed by atoms with E-state index < -0.39 is 4.92 Å². The topological polar surface area (TPSA) is 89.2 Å². The van der Waals surface area contributed by atoms with Crippen molar-refractivity contribution in [3.05, 3.63) is 39.9 Å². The first kappa shape index (κ1) is 16.8. The highest BCUT2D eigenvalue weighted by Crippen LogP contribution is 2.36. The van der Waals surface area contributed by atoms with E-state index in [1.165, 1.54) is 35.2 Å². The van der Waals surface area contributed by atoms with E-state index in [2.05, 4.69) is 10.2 Å². The molecule has 0 spiro atoms. The minimum atomic E-state index is -0.412. The standard InChI is InChI=1S/C15H16N4O3S2/c1-2-13(20)18(11-7-8-11)14-16-17-15(24-14)23-9-10-3-5-12(6-4-10)19(21)22/h3-6,11H,2,7-9H2,1H3. The number of carbonyl (C=O) groups is 1. The zero-order valence-corrected chi connectivity index (χ0v) is 14.7. The second-order valence-electron chi connectivity index (χ2n) is 5.41. The van der Waals surface area contributed by atoms with Crippen LogP contribution < -0.4 is 4.90 Å². The number of amides is 1. The lowest BCUT2D eigenvalue weighted by Crippen LogP contribution is -2.32. The normalized spacial score (nSPS) is 13.7. The molecule has 1 amide bonds. The molecule has 1 heterocycles. The average Bonchev–Trinajstić information content (AvgIpc) is 3.31. The first-order valence-corrected chi connectivity index (χ1v) is 9.40. The zero-order chi connectivity index (χ0) is 17.1. The molecule has 0 saturated heterocycles. The minimum Gasteiger partial charge on any atom is -0.284 e. The third kappa shape index (κ3) is 3.90. The predicted molar refractivity (Wildman–Crippen MR) is 93.4 cm³/mol. The van der Waals surface area contributed by atoms with Gasteiger partial charge in [-0.3, -0.25) is 19.8 Å². The lowest BCUT2D eigenvalue weighted by Gasteiger charge is -2.17. The van der Waals surface area contributed by atoms with E-state index >= 15 is 0 Å². The number of nitro benzene ring substituents is 1. The van der Waals surface area contributed by atoms with Gasteiger partial charge in [-0.05, 0) is 18.4 Å². The van der Waals surface area contributed by atoms with Crippen LogP contribution in [0.3, 0.4) is 0 Å². The molecule has 126 valence electrons. The molecule has 1 aromatic heterocycles. The molecule has 1 fully saturated rings. The Morgan fingerprint density at radius 1 is 1.38 bits per heavy atom. The highest BCUT2D eigenvalue weighted by molar-refractivity contribution is 8.00. The van der Waals surface area contributed by atoms with Crippen LogP contribution in [0.2, 0.25) is 0 Å². The maximum absolute atomic E-state index is 12.1. The Kier molecular flexibility index (Phi) is 5.10. The molecule has 1 aliphatic carbocycles. The van der Waals surface area contributed by atoms with Gasteiger partial charge >= 0.3 is 0 Å². The summed E-state index contributed by atoms with van der Waals surface area (Å²) in [6.45, 7) is 1.85. The van der Waals surface area contributed by atoms with E-state index in [4.69, 9.17) is 0 Å². The summed E-state index contributed by atoms with van der Waals surface area (Å²) in [7, 11) is 0. The van der Waals surface area contributed by atoms with Crippen LogP contribution in [0.15, 0.2) is 28.6 Å². The molecule has 0 radical (unpaired) electrons. The Morgan fingerprint density at radius 3 is 2.67 bits per heavy atom. The van der Waals surface area contributed by atoms with Gasteiger partial charge < -0.3 is 0 Å². The molecule has 1 saturated carbocycles. The van der Waals surface area contributed by atoms with Gasteiger partial charge in [0.15, 0.2) is 4.34 Å². The van der Waals surface area contributed by atoms with E-state index in [1.54, 1.807) is 17.0 Å². The Hall–Kier alpha value is -2.00. The zero-order valence-electron chi connectivity index (χ0n) is 13.0. The van der Waals surface area contributed by atoms with Gasteiger partial charge in [-0.1, -0.05) is 42.2 Å². The van der Waals surface area contributed by atoms with Crippen molar-refractivity contribution in [3.8, 4) is 0 Å². The quantitative estimate of drug-likeness (QED) is 0.322. The van der Waals surface area contributed by atoms with E-state index in [9.17, 15) is 14.9 Å². The average molecular weight is 364 g/mol. The van der Waals surface area contributed by atoms with Crippen LogP contribution in [0, 0.1) is 10.1 Å². The van der Waals surface area contributed by atoms with Crippen molar-refractivity contribution in [2.75, 3.05) is 4.90 Å². The van der Waals surface area contributed by atoms with Crippen molar-refractivity contribution in [2.24, 2.45) is 0 Å². The SMILES string of the molecule is CCC(=O)N(c1nnc(SCc2ccc([N+](=O)[O-])cc2)s1)C1CC1. The monoisotopic (exact) mass is 364 g/mol. The first-order valence-electron chi connectivity index (χ1n) is 7.60. The fraction of sp³-hybridized carbons (Fsp3) is 0.400. The molecule has 9 heteroatoms. The highest BCUT2D eigenvalue weighted by atomic mass is 32.2. The number of carbonyl (C=O) groups excluding carboxylic acids is 1. The molecule has 7 nitrogen and oxygen atoms in total.